The monoisotopic (exact) mass is 689 g/mol. The first-order valence-corrected chi connectivity index (χ1v) is 14.9. The third-order valence-electron chi connectivity index (χ3n) is 9.04. The van der Waals surface area contributed by atoms with E-state index in [2.05, 4.69) is 15.4 Å². The Labute approximate surface area is 277 Å². The fourth-order valence-electron chi connectivity index (χ4n) is 6.98. The van der Waals surface area contributed by atoms with Crippen LogP contribution in [0.3, 0.4) is 0 Å². The predicted molar refractivity (Wildman–Crippen MR) is 167 cm³/mol. The second-order valence-electron chi connectivity index (χ2n) is 12.5. The third-order valence-corrected chi connectivity index (χ3v) is 9.04. The number of nitrogens with zero attached hydrogens (tertiary/aromatic N) is 2. The third kappa shape index (κ3) is 5.99. The average Bonchev–Trinajstić information content (AvgIpc) is 2.98. The van der Waals surface area contributed by atoms with Crippen molar-refractivity contribution < 1.29 is 57.5 Å². The molecule has 0 radical (unpaired) electrons. The van der Waals surface area contributed by atoms with Crippen LogP contribution in [-0.4, -0.2) is 95.0 Å². The normalized spacial score (nSPS) is 23.5. The van der Waals surface area contributed by atoms with Crippen molar-refractivity contribution in [3.63, 3.8) is 0 Å². The standard InChI is InChI=1S/C32H34F3N5O9/c1-39(2)19-11-14(12-37-30(47)38-15-5-7-16(8-6-15)49-32(33,34)35)24(41)21-17(19)9-13-10-18-23(40(3)4)26(43)22(29(36)46)28(45)31(18,48)27(44)20(13)25(21)42/h5-8,11,13,18,23,41,43-44,48H,9-10,12H2,1-4H3,(H2,36,46)(H2,37,38,47)/t13-,18-,23-,31-/m1/s1. The summed E-state index contributed by atoms with van der Waals surface area (Å²) in [7, 11) is 6.45. The summed E-state index contributed by atoms with van der Waals surface area (Å²) in [6.07, 6.45) is -4.90. The number of likely N-dealkylation sites (N-methyl/N-ethyl adjacent to an activating group) is 1. The minimum absolute atomic E-state index is 0.0673. The predicted octanol–water partition coefficient (Wildman–Crippen LogP) is 2.41. The van der Waals surface area contributed by atoms with Crippen molar-refractivity contribution in [2.75, 3.05) is 38.4 Å². The van der Waals surface area contributed by atoms with E-state index in [1.54, 1.807) is 25.1 Å². The number of hydrogen-bond acceptors (Lipinski definition) is 11. The molecule has 5 rings (SSSR count). The molecule has 2 aromatic rings. The van der Waals surface area contributed by atoms with Gasteiger partial charge < -0.3 is 46.4 Å². The van der Waals surface area contributed by atoms with Crippen LogP contribution in [0.4, 0.5) is 29.3 Å². The van der Waals surface area contributed by atoms with Crippen LogP contribution < -0.4 is 26.0 Å². The zero-order chi connectivity index (χ0) is 36.3. The Bertz CT molecular complexity index is 1820. The molecule has 0 aromatic heterocycles. The highest BCUT2D eigenvalue weighted by Crippen LogP contribution is 2.53. The summed E-state index contributed by atoms with van der Waals surface area (Å²) in [6.45, 7) is -0.330. The van der Waals surface area contributed by atoms with Gasteiger partial charge in [0.1, 0.15) is 28.6 Å². The molecule has 0 bridgehead atoms. The number of halogens is 3. The van der Waals surface area contributed by atoms with Crippen LogP contribution in [0.1, 0.15) is 27.9 Å². The van der Waals surface area contributed by atoms with E-state index < -0.39 is 81.9 Å². The summed E-state index contributed by atoms with van der Waals surface area (Å²) in [4.78, 5) is 55.6. The lowest BCUT2D eigenvalue weighted by atomic mass is 9.58. The first kappa shape index (κ1) is 35.0. The number of carbonyl (C=O) groups is 4. The van der Waals surface area contributed by atoms with E-state index in [1.165, 1.54) is 31.1 Å². The summed E-state index contributed by atoms with van der Waals surface area (Å²) >= 11 is 0. The number of aliphatic hydroxyl groups is 3. The highest BCUT2D eigenvalue weighted by atomic mass is 19.4. The molecule has 0 fully saturated rings. The van der Waals surface area contributed by atoms with Gasteiger partial charge in [-0.2, -0.15) is 0 Å². The Morgan fingerprint density at radius 3 is 2.27 bits per heavy atom. The van der Waals surface area contributed by atoms with Gasteiger partial charge in [-0.05, 0) is 68.8 Å². The fraction of sp³-hybridized carbons (Fsp3) is 0.375. The minimum Gasteiger partial charge on any atom is -0.510 e. The Morgan fingerprint density at radius 2 is 1.71 bits per heavy atom. The number of fused-ring (bicyclic) bond motifs is 3. The number of hydrogen-bond donors (Lipinski definition) is 7. The van der Waals surface area contributed by atoms with E-state index in [0.29, 0.717) is 11.3 Å². The SMILES string of the molecule is CN(C)c1cc(CNC(=O)Nc2ccc(OC(F)(F)F)cc2)c(O)c2c1C[C@@H]1C[C@@H]3[C@@H](N(C)C)C(O)=C(C(N)=O)C(=O)[C@]3(O)C(O)=C1C2=O. The van der Waals surface area contributed by atoms with E-state index in [4.69, 9.17) is 5.73 Å². The number of allylic oxidation sites excluding steroid dienone is 1. The molecule has 49 heavy (non-hydrogen) atoms. The number of anilines is 2. The number of nitrogens with one attached hydrogen (secondary N) is 2. The van der Waals surface area contributed by atoms with Gasteiger partial charge >= 0.3 is 12.4 Å². The first-order chi connectivity index (χ1) is 22.8. The number of nitrogens with two attached hydrogens (primary N) is 1. The van der Waals surface area contributed by atoms with E-state index in [1.807, 2.05) is 0 Å². The number of ether oxygens (including phenoxy) is 1. The number of carbonyl (C=O) groups excluding carboxylic acids is 4. The van der Waals surface area contributed by atoms with Crippen molar-refractivity contribution in [1.82, 2.24) is 10.2 Å². The second kappa shape index (κ2) is 12.3. The van der Waals surface area contributed by atoms with Crippen LogP contribution in [0.25, 0.3) is 0 Å². The van der Waals surface area contributed by atoms with Crippen LogP contribution >= 0.6 is 0 Å². The molecular weight excluding hydrogens is 655 g/mol. The molecule has 3 aliphatic rings. The maximum Gasteiger partial charge on any atom is 0.573 e. The molecule has 0 spiro atoms. The van der Waals surface area contributed by atoms with Gasteiger partial charge in [0.15, 0.2) is 11.4 Å². The number of aromatic hydroxyl groups is 1. The van der Waals surface area contributed by atoms with Crippen molar-refractivity contribution in [3.8, 4) is 11.5 Å². The number of rotatable bonds is 7. The number of ketones is 2. The quantitative estimate of drug-likeness (QED) is 0.210. The molecule has 262 valence electrons. The largest absolute Gasteiger partial charge is 0.573 e. The molecule has 8 N–H and O–H groups in total. The number of urea groups is 1. The summed E-state index contributed by atoms with van der Waals surface area (Å²) in [6, 6.07) is 4.00. The molecule has 3 amide bonds. The first-order valence-electron chi connectivity index (χ1n) is 14.9. The highest BCUT2D eigenvalue weighted by molar-refractivity contribution is 6.25. The molecule has 17 heteroatoms. The van der Waals surface area contributed by atoms with Gasteiger partial charge in [0, 0.05) is 49.1 Å². The Morgan fingerprint density at radius 1 is 1.08 bits per heavy atom. The van der Waals surface area contributed by atoms with Crippen LogP contribution in [0.15, 0.2) is 53.0 Å². The van der Waals surface area contributed by atoms with Gasteiger partial charge in [-0.1, -0.05) is 0 Å². The molecule has 0 aliphatic heterocycles. The van der Waals surface area contributed by atoms with Crippen LogP contribution in [0.5, 0.6) is 11.5 Å². The number of aliphatic hydroxyl groups excluding tert-OH is 2. The van der Waals surface area contributed by atoms with Gasteiger partial charge in [0.05, 0.1) is 11.6 Å². The van der Waals surface area contributed by atoms with E-state index in [0.717, 1.165) is 12.1 Å². The molecule has 4 atom stereocenters. The number of Topliss-reactive ketones (excluding diaryl/α,β-unsaturated/α-hetero) is 2. The maximum atomic E-state index is 14.2. The van der Waals surface area contributed by atoms with Crippen molar-refractivity contribution in [3.05, 3.63) is 69.7 Å². The van der Waals surface area contributed by atoms with E-state index in [9.17, 15) is 52.8 Å². The zero-order valence-corrected chi connectivity index (χ0v) is 26.7. The number of phenolic OH excluding ortho intramolecular Hbond substituents is 1. The van der Waals surface area contributed by atoms with Crippen molar-refractivity contribution >= 4 is 34.9 Å². The zero-order valence-electron chi connectivity index (χ0n) is 26.7. The lowest BCUT2D eigenvalue weighted by Gasteiger charge is -2.50. The molecule has 0 unspecified atom stereocenters. The molecule has 0 saturated carbocycles. The van der Waals surface area contributed by atoms with Crippen LogP contribution in [0, 0.1) is 11.8 Å². The smallest absolute Gasteiger partial charge is 0.510 e. The number of amides is 3. The van der Waals surface area contributed by atoms with Gasteiger partial charge in [0.25, 0.3) is 5.91 Å². The fourth-order valence-corrected chi connectivity index (χ4v) is 6.98. The van der Waals surface area contributed by atoms with E-state index >= 15 is 0 Å². The Balaban J connectivity index is 1.48. The summed E-state index contributed by atoms with van der Waals surface area (Å²) in [5.41, 5.74) is 2.20. The molecule has 3 aliphatic carbocycles. The summed E-state index contributed by atoms with van der Waals surface area (Å²) in [5.74, 6) is -8.23. The van der Waals surface area contributed by atoms with Crippen molar-refractivity contribution in [1.29, 1.82) is 0 Å². The Kier molecular flexibility index (Phi) is 8.80. The number of primary amides is 1. The second-order valence-corrected chi connectivity index (χ2v) is 12.5. The van der Waals surface area contributed by atoms with Crippen LogP contribution in [-0.2, 0) is 22.6 Å². The van der Waals surface area contributed by atoms with Crippen LogP contribution in [0.2, 0.25) is 0 Å². The van der Waals surface area contributed by atoms with Gasteiger partial charge in [-0.25, -0.2) is 4.79 Å². The lowest BCUT2D eigenvalue weighted by molar-refractivity contribution is -0.274. The maximum absolute atomic E-state index is 14.2. The minimum atomic E-state index is -4.89. The molecular formula is C32H34F3N5O9. The van der Waals surface area contributed by atoms with E-state index in [-0.39, 0.29) is 41.8 Å². The molecule has 14 nitrogen and oxygen atoms in total. The average molecular weight is 690 g/mol. The topological polar surface area (TPSA) is 215 Å². The molecule has 2 aromatic carbocycles. The number of phenols is 1. The highest BCUT2D eigenvalue weighted by Gasteiger charge is 2.63. The van der Waals surface area contributed by atoms with Gasteiger partial charge in [0.2, 0.25) is 5.78 Å². The summed E-state index contributed by atoms with van der Waals surface area (Å²) < 4.78 is 41.1. The van der Waals surface area contributed by atoms with Gasteiger partial charge in [-0.3, -0.25) is 19.3 Å². The molecule has 0 saturated heterocycles. The number of alkyl halides is 3. The lowest BCUT2D eigenvalue weighted by Crippen LogP contribution is -2.63. The van der Waals surface area contributed by atoms with Gasteiger partial charge in [-0.15, -0.1) is 13.2 Å². The summed E-state index contributed by atoms with van der Waals surface area (Å²) in [5, 5.41) is 50.6. The number of benzene rings is 2. The van der Waals surface area contributed by atoms with Crippen molar-refractivity contribution in [2.45, 2.75) is 37.4 Å². The Hall–Kier alpha value is -5.29. The van der Waals surface area contributed by atoms with Crippen molar-refractivity contribution in [2.24, 2.45) is 17.6 Å². The molecule has 0 heterocycles.